The first-order valence-corrected chi connectivity index (χ1v) is 5.23. The first-order valence-electron chi connectivity index (χ1n) is 5.23. The van der Waals surface area contributed by atoms with E-state index in [0.29, 0.717) is 6.54 Å². The molecule has 90 valence electrons. The lowest BCUT2D eigenvalue weighted by molar-refractivity contribution is -0.148. The highest BCUT2D eigenvalue weighted by Gasteiger charge is 2.37. The number of hydrogen-bond acceptors (Lipinski definition) is 3. The van der Waals surface area contributed by atoms with E-state index in [2.05, 4.69) is 0 Å². The summed E-state index contributed by atoms with van der Waals surface area (Å²) in [6.07, 6.45) is 0.497. The third-order valence-corrected chi connectivity index (χ3v) is 2.82. The van der Waals surface area contributed by atoms with Crippen LogP contribution in [-0.4, -0.2) is 58.9 Å². The van der Waals surface area contributed by atoms with E-state index in [0.717, 1.165) is 4.90 Å². The van der Waals surface area contributed by atoms with Gasteiger partial charge in [0.1, 0.15) is 12.6 Å². The molecule has 1 unspecified atom stereocenters. The molecule has 6 heteroatoms. The molecule has 0 spiro atoms. The molecule has 0 bridgehead atoms. The van der Waals surface area contributed by atoms with Crippen molar-refractivity contribution in [2.24, 2.45) is 0 Å². The quantitative estimate of drug-likeness (QED) is 0.706. The molecule has 1 aliphatic rings. The summed E-state index contributed by atoms with van der Waals surface area (Å²) in [6, 6.07) is -0.846. The number of rotatable bonds is 4. The highest BCUT2D eigenvalue weighted by atomic mass is 16.4. The molecule has 1 fully saturated rings. The number of carbonyl (C=O) groups is 3. The van der Waals surface area contributed by atoms with Gasteiger partial charge < -0.3 is 14.9 Å². The molecule has 16 heavy (non-hydrogen) atoms. The summed E-state index contributed by atoms with van der Waals surface area (Å²) in [4.78, 5) is 36.5. The molecule has 1 N–H and O–H groups in total. The van der Waals surface area contributed by atoms with Crippen molar-refractivity contribution >= 4 is 17.8 Å². The third-order valence-electron chi connectivity index (χ3n) is 2.82. The van der Waals surface area contributed by atoms with Crippen LogP contribution in [0.1, 0.15) is 19.8 Å². The molecular formula is C10H16N2O4. The van der Waals surface area contributed by atoms with Crippen molar-refractivity contribution in [2.45, 2.75) is 25.8 Å². The highest BCUT2D eigenvalue weighted by molar-refractivity contribution is 5.91. The van der Waals surface area contributed by atoms with Gasteiger partial charge in [-0.15, -0.1) is 0 Å². The maximum atomic E-state index is 11.6. The van der Waals surface area contributed by atoms with Gasteiger partial charge >= 0.3 is 5.97 Å². The summed E-state index contributed by atoms with van der Waals surface area (Å²) in [5, 5.41) is 8.89. The molecule has 1 saturated heterocycles. The number of carbonyl (C=O) groups excluding carboxylic acids is 2. The zero-order valence-electron chi connectivity index (χ0n) is 9.47. The van der Waals surface area contributed by atoms with Gasteiger partial charge in [-0.2, -0.15) is 0 Å². The number of nitrogens with zero attached hydrogens (tertiary/aromatic N) is 2. The summed E-state index contributed by atoms with van der Waals surface area (Å²) < 4.78 is 0. The van der Waals surface area contributed by atoms with E-state index in [9.17, 15) is 14.4 Å². The van der Waals surface area contributed by atoms with Crippen LogP contribution in [0.4, 0.5) is 0 Å². The molecule has 0 aromatic heterocycles. The van der Waals surface area contributed by atoms with E-state index in [-0.39, 0.29) is 31.2 Å². The van der Waals surface area contributed by atoms with Crippen LogP contribution in [0.2, 0.25) is 0 Å². The Morgan fingerprint density at radius 2 is 2.19 bits per heavy atom. The van der Waals surface area contributed by atoms with Gasteiger partial charge in [0.25, 0.3) is 0 Å². The van der Waals surface area contributed by atoms with Crippen LogP contribution in [0.3, 0.4) is 0 Å². The van der Waals surface area contributed by atoms with Crippen molar-refractivity contribution in [1.29, 1.82) is 0 Å². The maximum absolute atomic E-state index is 11.6. The Morgan fingerprint density at radius 1 is 1.56 bits per heavy atom. The second-order valence-corrected chi connectivity index (χ2v) is 3.82. The molecule has 0 aromatic carbocycles. The van der Waals surface area contributed by atoms with E-state index in [4.69, 9.17) is 5.11 Å². The van der Waals surface area contributed by atoms with Gasteiger partial charge in [-0.25, -0.2) is 4.79 Å². The molecule has 1 atom stereocenters. The molecule has 0 saturated carbocycles. The number of aliphatic carboxylic acids is 1. The molecule has 0 aliphatic carbocycles. The van der Waals surface area contributed by atoms with Gasteiger partial charge in [-0.1, -0.05) is 0 Å². The second kappa shape index (κ2) is 4.96. The molecule has 1 heterocycles. The fourth-order valence-corrected chi connectivity index (χ4v) is 1.63. The van der Waals surface area contributed by atoms with E-state index >= 15 is 0 Å². The normalized spacial score (nSPS) is 20.0. The van der Waals surface area contributed by atoms with Gasteiger partial charge in [0.2, 0.25) is 11.8 Å². The lowest BCUT2D eigenvalue weighted by Gasteiger charge is -2.23. The summed E-state index contributed by atoms with van der Waals surface area (Å²) >= 11 is 0. The van der Waals surface area contributed by atoms with Gasteiger partial charge in [-0.3, -0.25) is 9.59 Å². The van der Waals surface area contributed by atoms with Crippen LogP contribution >= 0.6 is 0 Å². The monoisotopic (exact) mass is 228 g/mol. The van der Waals surface area contributed by atoms with E-state index in [1.54, 1.807) is 7.05 Å². The van der Waals surface area contributed by atoms with Crippen molar-refractivity contribution in [3.63, 3.8) is 0 Å². The average molecular weight is 228 g/mol. The van der Waals surface area contributed by atoms with Crippen molar-refractivity contribution in [1.82, 2.24) is 9.80 Å². The fourth-order valence-electron chi connectivity index (χ4n) is 1.63. The second-order valence-electron chi connectivity index (χ2n) is 3.82. The molecule has 2 amide bonds. The van der Waals surface area contributed by atoms with Crippen molar-refractivity contribution in [2.75, 3.05) is 20.1 Å². The minimum atomic E-state index is -1.04. The number of carboxylic acids is 1. The summed E-state index contributed by atoms with van der Waals surface area (Å²) in [7, 11) is 1.62. The SMILES string of the molecule is CCN(C)C(=O)CN1C(=O)CCC1C(=O)O. The van der Waals surface area contributed by atoms with Crippen molar-refractivity contribution in [3.8, 4) is 0 Å². The Kier molecular flexibility index (Phi) is 3.87. The van der Waals surface area contributed by atoms with E-state index in [1.165, 1.54) is 4.90 Å². The van der Waals surface area contributed by atoms with Crippen LogP contribution in [0.5, 0.6) is 0 Å². The smallest absolute Gasteiger partial charge is 0.326 e. The fraction of sp³-hybridized carbons (Fsp3) is 0.700. The minimum absolute atomic E-state index is 0.139. The Balaban J connectivity index is 2.67. The first-order chi connectivity index (χ1) is 7.47. The maximum Gasteiger partial charge on any atom is 0.326 e. The minimum Gasteiger partial charge on any atom is -0.480 e. The Morgan fingerprint density at radius 3 is 2.69 bits per heavy atom. The zero-order chi connectivity index (χ0) is 12.3. The highest BCUT2D eigenvalue weighted by Crippen LogP contribution is 2.18. The lowest BCUT2D eigenvalue weighted by Crippen LogP contribution is -2.45. The molecule has 1 aliphatic heterocycles. The molecule has 0 aromatic rings. The van der Waals surface area contributed by atoms with E-state index < -0.39 is 12.0 Å². The molecular weight excluding hydrogens is 212 g/mol. The average Bonchev–Trinajstić information content (AvgIpc) is 2.59. The number of carboxylic acid groups (broad SMARTS) is 1. The summed E-state index contributed by atoms with van der Waals surface area (Å²) in [6.45, 7) is 2.22. The summed E-state index contributed by atoms with van der Waals surface area (Å²) in [5.74, 6) is -1.54. The molecule has 6 nitrogen and oxygen atoms in total. The summed E-state index contributed by atoms with van der Waals surface area (Å²) in [5.41, 5.74) is 0. The van der Waals surface area contributed by atoms with Crippen LogP contribution in [0.25, 0.3) is 0 Å². The lowest BCUT2D eigenvalue weighted by atomic mass is 10.2. The number of likely N-dealkylation sites (tertiary alicyclic amines) is 1. The van der Waals surface area contributed by atoms with Gasteiger partial charge in [0.05, 0.1) is 0 Å². The molecule has 1 rings (SSSR count). The Labute approximate surface area is 93.8 Å². The van der Waals surface area contributed by atoms with Crippen molar-refractivity contribution in [3.05, 3.63) is 0 Å². The predicted molar refractivity (Wildman–Crippen MR) is 55.7 cm³/mol. The van der Waals surface area contributed by atoms with Gasteiger partial charge in [-0.05, 0) is 13.3 Å². The largest absolute Gasteiger partial charge is 0.480 e. The first kappa shape index (κ1) is 12.5. The number of likely N-dealkylation sites (N-methyl/N-ethyl adjacent to an activating group) is 1. The zero-order valence-corrected chi connectivity index (χ0v) is 9.47. The third kappa shape index (κ3) is 2.50. The van der Waals surface area contributed by atoms with Gasteiger partial charge in [0.15, 0.2) is 0 Å². The van der Waals surface area contributed by atoms with Crippen LogP contribution in [0, 0.1) is 0 Å². The Bertz CT molecular complexity index is 316. The van der Waals surface area contributed by atoms with Gasteiger partial charge in [0, 0.05) is 20.0 Å². The van der Waals surface area contributed by atoms with E-state index in [1.807, 2.05) is 6.92 Å². The van der Waals surface area contributed by atoms with Crippen LogP contribution in [0.15, 0.2) is 0 Å². The van der Waals surface area contributed by atoms with Crippen molar-refractivity contribution < 1.29 is 19.5 Å². The number of hydrogen-bond donors (Lipinski definition) is 1. The Hall–Kier alpha value is -1.59. The predicted octanol–water partition coefficient (Wildman–Crippen LogP) is -0.460. The van der Waals surface area contributed by atoms with Crippen LogP contribution in [-0.2, 0) is 14.4 Å². The number of amides is 2. The topological polar surface area (TPSA) is 77.9 Å². The standard InChI is InChI=1S/C10H16N2O4/c1-3-11(2)9(14)6-12-7(10(15)16)4-5-8(12)13/h7H,3-6H2,1-2H3,(H,15,16). The van der Waals surface area contributed by atoms with Crippen LogP contribution < -0.4 is 0 Å². The molecule has 0 radical (unpaired) electrons.